The van der Waals surface area contributed by atoms with Crippen LogP contribution in [0, 0.1) is 0 Å². The molecule has 145 heavy (non-hydrogen) atoms. The Morgan fingerprint density at radius 3 is 0.759 bits per heavy atom. The highest BCUT2D eigenvalue weighted by Gasteiger charge is 2.50. The van der Waals surface area contributed by atoms with Gasteiger partial charge in [-0.2, -0.15) is 0 Å². The van der Waals surface area contributed by atoms with Crippen LogP contribution in [-0.2, 0) is 13.7 Å². The molecule has 0 saturated carbocycles. The van der Waals surface area contributed by atoms with Gasteiger partial charge in [-0.1, -0.05) is 458 Å². The van der Waals surface area contributed by atoms with Gasteiger partial charge in [-0.25, -0.2) is 44.9 Å². The van der Waals surface area contributed by atoms with Crippen LogP contribution in [0.15, 0.2) is 473 Å². The highest BCUT2D eigenvalue weighted by Crippen LogP contribution is 2.50. The Labute approximate surface area is 846 Å². The van der Waals surface area contributed by atoms with Crippen LogP contribution in [0.2, 0.25) is 39.3 Å². The van der Waals surface area contributed by atoms with Crippen molar-refractivity contribution in [3.05, 3.63) is 473 Å². The average Bonchev–Trinajstić information content (AvgIpc) is 0.707. The number of pyridine rings is 2. The van der Waals surface area contributed by atoms with Crippen molar-refractivity contribution in [2.75, 3.05) is 0 Å². The van der Waals surface area contributed by atoms with E-state index in [0.717, 1.165) is 137 Å². The van der Waals surface area contributed by atoms with E-state index < -0.39 is 45.6 Å². The summed E-state index contributed by atoms with van der Waals surface area (Å²) in [6, 6.07) is 155. The minimum absolute atomic E-state index is 0.507. The molecule has 3 atom stereocenters. The molecule has 22 aromatic rings. The van der Waals surface area contributed by atoms with Gasteiger partial charge in [0.25, 0.3) is 0 Å². The molecule has 0 amide bonds. The molecule has 8 heterocycles. The SMILES string of the molecule is C[Si]1(C)c2ccccc2P(=O)(c2ccccc2)c2cc(-c3ccc(-c4nc(-c5ccccc5)nc(-c5ccccc5)n4)c4ccccc34)ccc21.C[Si]1(C)c2ccccc2P(=O)(c2ccccc2)c2cc(-c3ccc(-c4nc(-c5ccccc5)nc(-c5ccccc5)n4)cn3)ccc21.C[Si]1(C)c2ccccc2P(=O)(c2ccccc2)c2cc(-c3ccc(-c4nc(-c5ccccc5)nc(-c5ccccc5)n4)nc3)ccc21. The molecule has 14 nitrogen and oxygen atoms in total. The molecule has 5 aromatic heterocycles. The Kier molecular flexibility index (Phi) is 24.3. The molecule has 0 saturated heterocycles. The lowest BCUT2D eigenvalue weighted by Gasteiger charge is -2.38. The molecule has 696 valence electrons. The zero-order valence-electron chi connectivity index (χ0n) is 80.5. The minimum atomic E-state index is -3.15. The second-order valence-electron chi connectivity index (χ2n) is 38.1. The second kappa shape index (κ2) is 38.2. The topological polar surface area (TPSA) is 193 Å². The summed E-state index contributed by atoms with van der Waals surface area (Å²) in [4.78, 5) is 53.7. The Morgan fingerprint density at radius 1 is 0.172 bits per heavy atom. The Hall–Kier alpha value is -16.3. The van der Waals surface area contributed by atoms with Crippen LogP contribution in [0.1, 0.15) is 0 Å². The fourth-order valence-electron chi connectivity index (χ4n) is 20.8. The van der Waals surface area contributed by atoms with Crippen LogP contribution in [0.25, 0.3) is 147 Å². The van der Waals surface area contributed by atoms with Crippen molar-refractivity contribution in [3.63, 3.8) is 0 Å². The van der Waals surface area contributed by atoms with Crippen molar-refractivity contribution in [1.82, 2.24) is 54.8 Å². The monoisotopic (exact) mass is 1980 g/mol. The standard InChI is InChI=1S/C45H34N3OPSi.2C40H31N4OPSi/c1-51(2)41-25-15-14-24-39(41)50(49,34-20-10-5-11-21-34)40-30-33(26-29-42(40)51)35-27-28-38(37-23-13-12-22-36(35)37)45-47-43(31-16-6-3-7-17-31)46-44(48-45)32-18-8-4-9-19-32;1-47(2)36-21-13-12-20-34(36)46(45,32-18-10-5-11-19-32)35-26-30(23-25-37(35)47)33-24-22-31(27-41-33)40-43-38(28-14-6-3-7-15-28)42-39(44-40)29-16-8-4-9-17-29;1-47(2)36-21-13-12-20-34(36)46(45,32-18-10-5-11-19-32)35-26-30(23-25-37(35)47)31-22-24-33(41-27-31)40-43-38(28-14-6-3-7-15-28)42-39(44-40)29-16-8-4-9-17-29/h3-30H,1-2H3;2*3-27H,1-2H3. The van der Waals surface area contributed by atoms with Crippen LogP contribution in [0.5, 0.6) is 0 Å². The molecule has 0 N–H and O–H groups in total. The molecule has 3 aliphatic rings. The summed E-state index contributed by atoms with van der Waals surface area (Å²) in [6.07, 6.45) is 3.68. The lowest BCUT2D eigenvalue weighted by atomic mass is 9.94. The maximum absolute atomic E-state index is 15.8. The summed E-state index contributed by atoms with van der Waals surface area (Å²) >= 11 is 0. The van der Waals surface area contributed by atoms with E-state index in [1.165, 1.54) is 31.1 Å². The lowest BCUT2D eigenvalue weighted by molar-refractivity contribution is 0.591. The summed E-state index contributed by atoms with van der Waals surface area (Å²) in [7, 11) is -15.8. The number of nitrogens with zero attached hydrogens (tertiary/aromatic N) is 11. The van der Waals surface area contributed by atoms with E-state index in [1.807, 2.05) is 328 Å². The van der Waals surface area contributed by atoms with Crippen LogP contribution >= 0.6 is 21.4 Å². The molecular formula is C125H96N11O3P3Si3. The van der Waals surface area contributed by atoms with Gasteiger partial charge in [0.15, 0.2) is 73.8 Å². The number of fused-ring (bicyclic) bond motifs is 7. The van der Waals surface area contributed by atoms with Crippen LogP contribution in [0.3, 0.4) is 0 Å². The maximum atomic E-state index is 15.8. The summed E-state index contributed by atoms with van der Waals surface area (Å²) < 4.78 is 46.7. The third kappa shape index (κ3) is 16.9. The van der Waals surface area contributed by atoms with Gasteiger partial charge in [0.1, 0.15) is 29.9 Å². The predicted octanol–water partition coefficient (Wildman–Crippen LogP) is 21.9. The summed E-state index contributed by atoms with van der Waals surface area (Å²) in [5.74, 6) is 5.35. The van der Waals surface area contributed by atoms with Crippen molar-refractivity contribution in [3.8, 4) is 136 Å². The summed E-state index contributed by atoms with van der Waals surface area (Å²) in [5, 5.41) is 17.9. The molecule has 0 spiro atoms. The van der Waals surface area contributed by atoms with Crippen molar-refractivity contribution in [2.45, 2.75) is 39.3 Å². The van der Waals surface area contributed by atoms with Gasteiger partial charge in [-0.3, -0.25) is 9.97 Å². The Bertz CT molecular complexity index is 8360. The number of aromatic nitrogens is 11. The van der Waals surface area contributed by atoms with Crippen LogP contribution < -0.4 is 78.9 Å². The zero-order chi connectivity index (χ0) is 98.6. The normalized spacial score (nSPS) is 16.1. The highest BCUT2D eigenvalue weighted by molar-refractivity contribution is 7.88. The predicted molar refractivity (Wildman–Crippen MR) is 606 cm³/mol. The third-order valence-electron chi connectivity index (χ3n) is 28.4. The smallest absolute Gasteiger partial charge is 0.182 e. The van der Waals surface area contributed by atoms with Crippen molar-refractivity contribution >= 4 is 135 Å². The molecule has 0 fully saturated rings. The maximum Gasteiger partial charge on any atom is 0.182 e. The average molecular weight is 1980 g/mol. The molecule has 20 heteroatoms. The van der Waals surface area contributed by atoms with E-state index in [4.69, 9.17) is 54.8 Å². The second-order valence-corrected chi connectivity index (χ2v) is 59.2. The van der Waals surface area contributed by atoms with Gasteiger partial charge < -0.3 is 13.7 Å². The van der Waals surface area contributed by atoms with E-state index in [2.05, 4.69) is 185 Å². The molecule has 0 aliphatic carbocycles. The molecule has 25 rings (SSSR count). The van der Waals surface area contributed by atoms with Gasteiger partial charge in [0.2, 0.25) is 0 Å². The van der Waals surface area contributed by atoms with E-state index in [-0.39, 0.29) is 0 Å². The lowest BCUT2D eigenvalue weighted by Crippen LogP contribution is -2.67. The van der Waals surface area contributed by atoms with E-state index in [9.17, 15) is 0 Å². The van der Waals surface area contributed by atoms with Crippen LogP contribution in [0.4, 0.5) is 0 Å². The van der Waals surface area contributed by atoms with Gasteiger partial charge in [0.05, 0.1) is 5.69 Å². The van der Waals surface area contributed by atoms with Crippen LogP contribution in [-0.4, -0.2) is 79.0 Å². The summed E-state index contributed by atoms with van der Waals surface area (Å²) in [6.45, 7) is 14.2. The zero-order valence-corrected chi connectivity index (χ0v) is 86.2. The minimum Gasteiger partial charge on any atom is -0.309 e. The first kappa shape index (κ1) is 92.4. The van der Waals surface area contributed by atoms with Gasteiger partial charge in [0, 0.05) is 116 Å². The van der Waals surface area contributed by atoms with Gasteiger partial charge in [-0.05, 0) is 101 Å². The van der Waals surface area contributed by atoms with E-state index in [1.54, 1.807) is 0 Å². The first-order chi connectivity index (χ1) is 70.8. The summed E-state index contributed by atoms with van der Waals surface area (Å²) in [5.41, 5.74) is 13.7. The molecule has 0 bridgehead atoms. The molecule has 17 aromatic carbocycles. The van der Waals surface area contributed by atoms with Crippen molar-refractivity contribution in [2.24, 2.45) is 0 Å². The fourth-order valence-corrected chi connectivity index (χ4v) is 45.4. The fraction of sp³-hybridized carbons (Fsp3) is 0.0480. The quantitative estimate of drug-likeness (QED) is 0.0695. The first-order valence-electron chi connectivity index (χ1n) is 48.6. The Balaban J connectivity index is 0.000000120. The largest absolute Gasteiger partial charge is 0.309 e. The highest BCUT2D eigenvalue weighted by atomic mass is 31.2. The van der Waals surface area contributed by atoms with Crippen molar-refractivity contribution in [1.29, 1.82) is 0 Å². The number of benzene rings is 17. The van der Waals surface area contributed by atoms with E-state index in [0.29, 0.717) is 58.1 Å². The van der Waals surface area contributed by atoms with Crippen molar-refractivity contribution < 1.29 is 13.7 Å². The number of rotatable bonds is 15. The number of hydrogen-bond donors (Lipinski definition) is 0. The third-order valence-corrected chi connectivity index (χ3v) is 49.7. The van der Waals surface area contributed by atoms with Gasteiger partial charge in [-0.15, -0.1) is 0 Å². The molecule has 0 radical (unpaired) electrons. The molecular weight excluding hydrogens is 1880 g/mol. The van der Waals surface area contributed by atoms with Gasteiger partial charge >= 0.3 is 0 Å². The first-order valence-corrected chi connectivity index (χ1v) is 62.7. The number of hydrogen-bond acceptors (Lipinski definition) is 14. The van der Waals surface area contributed by atoms with E-state index >= 15 is 13.7 Å². The Morgan fingerprint density at radius 2 is 0.414 bits per heavy atom. The molecule has 3 unspecified atom stereocenters. The molecule has 3 aliphatic heterocycles.